The summed E-state index contributed by atoms with van der Waals surface area (Å²) in [7, 11) is 3.50. The summed E-state index contributed by atoms with van der Waals surface area (Å²) in [5, 5.41) is 2.47. The molecule has 2 unspecified atom stereocenters. The highest BCUT2D eigenvalue weighted by molar-refractivity contribution is 6.31. The number of hydrogen-bond donors (Lipinski definition) is 1. The van der Waals surface area contributed by atoms with Gasteiger partial charge in [0.1, 0.15) is 0 Å². The van der Waals surface area contributed by atoms with Crippen molar-refractivity contribution >= 4 is 11.6 Å². The normalized spacial score (nSPS) is 15.1. The van der Waals surface area contributed by atoms with E-state index in [0.717, 1.165) is 17.0 Å². The second-order valence-corrected chi connectivity index (χ2v) is 4.17. The van der Waals surface area contributed by atoms with Crippen molar-refractivity contribution < 1.29 is 4.84 Å². The maximum atomic E-state index is 6.18. The molecule has 0 aromatic heterocycles. The van der Waals surface area contributed by atoms with Crippen LogP contribution in [-0.2, 0) is 4.84 Å². The lowest BCUT2D eigenvalue weighted by Gasteiger charge is -2.31. The molecule has 0 amide bonds. The van der Waals surface area contributed by atoms with E-state index in [1.807, 2.05) is 31.3 Å². The highest BCUT2D eigenvalue weighted by Crippen LogP contribution is 2.29. The Hall–Kier alpha value is -0.610. The third kappa shape index (κ3) is 2.95. The van der Waals surface area contributed by atoms with E-state index in [1.54, 1.807) is 12.2 Å². The Morgan fingerprint density at radius 1 is 1.44 bits per heavy atom. The average Bonchev–Trinajstić information content (AvgIpc) is 2.31. The number of hydroxylamine groups is 2. The van der Waals surface area contributed by atoms with Gasteiger partial charge in [-0.15, -0.1) is 0 Å². The number of likely N-dealkylation sites (N-methyl/N-ethyl adjacent to an activating group) is 1. The molecule has 0 heterocycles. The summed E-state index contributed by atoms with van der Waals surface area (Å²) >= 11 is 6.18. The van der Waals surface area contributed by atoms with Crippen molar-refractivity contribution in [3.63, 3.8) is 0 Å². The van der Waals surface area contributed by atoms with E-state index in [1.165, 1.54) is 0 Å². The van der Waals surface area contributed by atoms with Crippen molar-refractivity contribution in [1.82, 2.24) is 5.06 Å². The van der Waals surface area contributed by atoms with Gasteiger partial charge in [0.2, 0.25) is 0 Å². The Labute approximate surface area is 102 Å². The summed E-state index contributed by atoms with van der Waals surface area (Å²) < 4.78 is 0. The first kappa shape index (κ1) is 13.5. The first-order chi connectivity index (χ1) is 7.61. The molecule has 3 nitrogen and oxygen atoms in total. The van der Waals surface area contributed by atoms with Gasteiger partial charge in [0.05, 0.1) is 13.2 Å². The lowest BCUT2D eigenvalue weighted by Crippen LogP contribution is -2.38. The maximum absolute atomic E-state index is 6.18. The Kier molecular flexibility index (Phi) is 5.22. The first-order valence-corrected chi connectivity index (χ1v) is 5.76. The molecule has 0 bridgehead atoms. The van der Waals surface area contributed by atoms with Crippen molar-refractivity contribution in [3.8, 4) is 0 Å². The van der Waals surface area contributed by atoms with Gasteiger partial charge in [-0.25, -0.2) is 0 Å². The van der Waals surface area contributed by atoms with Crippen LogP contribution in [0.1, 0.15) is 24.9 Å². The SMILES string of the molecule is CCC(N)C(c1ccccc1Cl)N(C)OC. The summed E-state index contributed by atoms with van der Waals surface area (Å²) in [5.74, 6) is 0. The lowest BCUT2D eigenvalue weighted by molar-refractivity contribution is -0.148. The van der Waals surface area contributed by atoms with Crippen LogP contribution in [0.15, 0.2) is 24.3 Å². The number of hydrogen-bond acceptors (Lipinski definition) is 3. The minimum atomic E-state index is -0.0244. The van der Waals surface area contributed by atoms with E-state index in [-0.39, 0.29) is 12.1 Å². The Bertz CT molecular complexity index is 323. The average molecular weight is 243 g/mol. The topological polar surface area (TPSA) is 38.5 Å². The lowest BCUT2D eigenvalue weighted by atomic mass is 9.98. The van der Waals surface area contributed by atoms with Crippen LogP contribution in [0.4, 0.5) is 0 Å². The highest BCUT2D eigenvalue weighted by atomic mass is 35.5. The van der Waals surface area contributed by atoms with Crippen LogP contribution >= 0.6 is 11.6 Å². The molecule has 0 spiro atoms. The van der Waals surface area contributed by atoms with Crippen molar-refractivity contribution in [3.05, 3.63) is 34.9 Å². The van der Waals surface area contributed by atoms with Crippen molar-refractivity contribution in [2.45, 2.75) is 25.4 Å². The predicted octanol–water partition coefficient (Wildman–Crippen LogP) is 2.61. The number of nitrogens with two attached hydrogens (primary N) is 1. The van der Waals surface area contributed by atoms with E-state index in [9.17, 15) is 0 Å². The second-order valence-electron chi connectivity index (χ2n) is 3.77. The van der Waals surface area contributed by atoms with Crippen molar-refractivity contribution in [2.24, 2.45) is 5.73 Å². The third-order valence-electron chi connectivity index (χ3n) is 2.78. The van der Waals surface area contributed by atoms with Gasteiger partial charge >= 0.3 is 0 Å². The monoisotopic (exact) mass is 242 g/mol. The fourth-order valence-corrected chi connectivity index (χ4v) is 2.00. The summed E-state index contributed by atoms with van der Waals surface area (Å²) in [6, 6.07) is 7.69. The number of halogens is 1. The van der Waals surface area contributed by atoms with Crippen LogP contribution in [0.2, 0.25) is 5.02 Å². The third-order valence-corrected chi connectivity index (χ3v) is 3.12. The van der Waals surface area contributed by atoms with Gasteiger partial charge in [-0.2, -0.15) is 5.06 Å². The van der Waals surface area contributed by atoms with E-state index >= 15 is 0 Å². The number of benzene rings is 1. The zero-order valence-corrected chi connectivity index (χ0v) is 10.7. The molecular weight excluding hydrogens is 224 g/mol. The summed E-state index contributed by atoms with van der Waals surface area (Å²) in [6.07, 6.45) is 0.865. The molecule has 2 N–H and O–H groups in total. The van der Waals surface area contributed by atoms with Crippen LogP contribution in [0, 0.1) is 0 Å². The molecule has 0 aliphatic rings. The minimum absolute atomic E-state index is 0.00940. The van der Waals surface area contributed by atoms with Crippen LogP contribution in [-0.4, -0.2) is 25.3 Å². The molecule has 0 fully saturated rings. The molecule has 16 heavy (non-hydrogen) atoms. The summed E-state index contributed by atoms with van der Waals surface area (Å²) in [4.78, 5) is 5.24. The zero-order chi connectivity index (χ0) is 12.1. The Balaban J connectivity index is 3.06. The maximum Gasteiger partial charge on any atom is 0.0763 e. The molecule has 90 valence electrons. The van der Waals surface area contributed by atoms with Crippen LogP contribution < -0.4 is 5.73 Å². The van der Waals surface area contributed by atoms with Gasteiger partial charge < -0.3 is 10.6 Å². The van der Waals surface area contributed by atoms with Gasteiger partial charge in [0.25, 0.3) is 0 Å². The summed E-state index contributed by atoms with van der Waals surface area (Å²) in [6.45, 7) is 2.05. The highest BCUT2D eigenvalue weighted by Gasteiger charge is 2.25. The molecule has 0 saturated heterocycles. The van der Waals surface area contributed by atoms with Crippen LogP contribution in [0.5, 0.6) is 0 Å². The minimum Gasteiger partial charge on any atom is -0.326 e. The Morgan fingerprint density at radius 2 is 2.06 bits per heavy atom. The fourth-order valence-electron chi connectivity index (χ4n) is 1.75. The van der Waals surface area contributed by atoms with Gasteiger partial charge in [-0.3, -0.25) is 0 Å². The molecule has 0 saturated carbocycles. The molecular formula is C12H19ClN2O. The summed E-state index contributed by atoms with van der Waals surface area (Å²) in [5.41, 5.74) is 7.12. The van der Waals surface area contributed by atoms with Gasteiger partial charge in [-0.05, 0) is 18.1 Å². The smallest absolute Gasteiger partial charge is 0.0763 e. The molecule has 0 radical (unpaired) electrons. The number of rotatable bonds is 5. The quantitative estimate of drug-likeness (QED) is 0.807. The van der Waals surface area contributed by atoms with Crippen LogP contribution in [0.25, 0.3) is 0 Å². The van der Waals surface area contributed by atoms with Crippen molar-refractivity contribution in [1.29, 1.82) is 0 Å². The van der Waals surface area contributed by atoms with E-state index < -0.39 is 0 Å². The second kappa shape index (κ2) is 6.21. The van der Waals surface area contributed by atoms with Gasteiger partial charge in [0, 0.05) is 18.1 Å². The molecule has 1 aromatic carbocycles. The van der Waals surface area contributed by atoms with E-state index in [4.69, 9.17) is 22.2 Å². The molecule has 2 atom stereocenters. The molecule has 0 aliphatic heterocycles. The molecule has 4 heteroatoms. The van der Waals surface area contributed by atoms with Crippen LogP contribution in [0.3, 0.4) is 0 Å². The van der Waals surface area contributed by atoms with E-state index in [2.05, 4.69) is 6.92 Å². The zero-order valence-electron chi connectivity index (χ0n) is 9.98. The largest absolute Gasteiger partial charge is 0.326 e. The fraction of sp³-hybridized carbons (Fsp3) is 0.500. The van der Waals surface area contributed by atoms with Crippen molar-refractivity contribution in [2.75, 3.05) is 14.2 Å². The molecule has 0 aliphatic carbocycles. The number of nitrogens with zero attached hydrogens (tertiary/aromatic N) is 1. The van der Waals surface area contributed by atoms with Gasteiger partial charge in [0.15, 0.2) is 0 Å². The molecule has 1 aromatic rings. The van der Waals surface area contributed by atoms with Gasteiger partial charge in [-0.1, -0.05) is 36.7 Å². The predicted molar refractivity (Wildman–Crippen MR) is 67.2 cm³/mol. The van der Waals surface area contributed by atoms with E-state index in [0.29, 0.717) is 0 Å². The first-order valence-electron chi connectivity index (χ1n) is 5.38. The standard InChI is InChI=1S/C12H19ClN2O/c1-4-11(14)12(15(2)16-3)9-7-5-6-8-10(9)13/h5-8,11-12H,4,14H2,1-3H3. The Morgan fingerprint density at radius 3 is 2.56 bits per heavy atom. The molecule has 1 rings (SSSR count).